The minimum absolute atomic E-state index is 0.0330. The highest BCUT2D eigenvalue weighted by molar-refractivity contribution is 8.18. The molecule has 4 nitrogen and oxygen atoms in total. The normalized spacial score (nSPS) is 15.6. The van der Waals surface area contributed by atoms with Crippen LogP contribution in [0.2, 0.25) is 0 Å². The second-order valence-corrected chi connectivity index (χ2v) is 10.4. The zero-order chi connectivity index (χ0) is 26.6. The Morgan fingerprint density at radius 2 is 1.59 bits per heavy atom. The van der Waals surface area contributed by atoms with Gasteiger partial charge in [-0.25, -0.2) is 9.38 Å². The molecule has 0 unspecified atom stereocenters. The summed E-state index contributed by atoms with van der Waals surface area (Å²) in [5.74, 6) is -0.265. The third-order valence-corrected chi connectivity index (χ3v) is 7.68. The molecule has 1 aliphatic rings. The molecule has 0 radical (unpaired) electrons. The van der Waals surface area contributed by atoms with Crippen molar-refractivity contribution in [1.29, 1.82) is 0 Å². The van der Waals surface area contributed by atoms with E-state index in [0.29, 0.717) is 23.2 Å². The van der Waals surface area contributed by atoms with Gasteiger partial charge in [0, 0.05) is 30.2 Å². The molecular formula is C33H26FN3OS. The molecule has 0 spiro atoms. The Morgan fingerprint density at radius 3 is 2.38 bits per heavy atom. The predicted molar refractivity (Wildman–Crippen MR) is 158 cm³/mol. The molecule has 5 aromatic rings. The van der Waals surface area contributed by atoms with Crippen LogP contribution in [-0.4, -0.2) is 27.1 Å². The van der Waals surface area contributed by atoms with Gasteiger partial charge in [0.1, 0.15) is 5.82 Å². The molecule has 0 N–H and O–H groups in total. The standard InChI is InChI=1S/C33H26FN3OS/c34-28-11-7-10-26(21-28)23-36-18-17-27-20-25(14-15-30(27)36)22-31-32(38)37(19-16-24-8-3-1-4-9-24)33(39-31)35-29-12-5-2-6-13-29/h1-15,17-18,20-22H,16,19,23H2/b31-22+,35-33?. The molecule has 1 aromatic heterocycles. The van der Waals surface area contributed by atoms with E-state index in [1.54, 1.807) is 17.0 Å². The quantitative estimate of drug-likeness (QED) is 0.202. The van der Waals surface area contributed by atoms with E-state index in [0.717, 1.165) is 34.1 Å². The van der Waals surface area contributed by atoms with E-state index in [4.69, 9.17) is 4.99 Å². The van der Waals surface area contributed by atoms with E-state index in [-0.39, 0.29) is 11.7 Å². The number of nitrogens with zero attached hydrogens (tertiary/aromatic N) is 3. The van der Waals surface area contributed by atoms with Gasteiger partial charge in [-0.2, -0.15) is 0 Å². The van der Waals surface area contributed by atoms with Gasteiger partial charge >= 0.3 is 0 Å². The number of fused-ring (bicyclic) bond motifs is 1. The average molecular weight is 532 g/mol. The van der Waals surface area contributed by atoms with E-state index in [1.807, 2.05) is 72.9 Å². The number of amides is 1. The molecule has 2 heterocycles. The fourth-order valence-electron chi connectivity index (χ4n) is 4.72. The van der Waals surface area contributed by atoms with Crippen LogP contribution >= 0.6 is 11.8 Å². The molecule has 1 amide bonds. The second kappa shape index (κ2) is 11.1. The van der Waals surface area contributed by atoms with Crippen LogP contribution in [0.15, 0.2) is 125 Å². The molecular weight excluding hydrogens is 505 g/mol. The summed E-state index contributed by atoms with van der Waals surface area (Å²) in [6, 6.07) is 34.8. The fourth-order valence-corrected chi connectivity index (χ4v) is 5.74. The summed E-state index contributed by atoms with van der Waals surface area (Å²) in [7, 11) is 0. The third kappa shape index (κ3) is 5.71. The van der Waals surface area contributed by atoms with Gasteiger partial charge < -0.3 is 4.57 Å². The zero-order valence-electron chi connectivity index (χ0n) is 21.2. The number of carbonyl (C=O) groups is 1. The molecule has 192 valence electrons. The number of thioether (sulfide) groups is 1. The van der Waals surface area contributed by atoms with E-state index in [2.05, 4.69) is 34.9 Å². The minimum atomic E-state index is -0.232. The number of hydrogen-bond acceptors (Lipinski definition) is 3. The largest absolute Gasteiger partial charge is 0.343 e. The number of rotatable bonds is 7. The zero-order valence-corrected chi connectivity index (χ0v) is 22.0. The maximum Gasteiger partial charge on any atom is 0.266 e. The van der Waals surface area contributed by atoms with Gasteiger partial charge in [0.25, 0.3) is 5.91 Å². The number of benzene rings is 4. The van der Waals surface area contributed by atoms with Crippen LogP contribution in [0.25, 0.3) is 17.0 Å². The molecule has 0 bridgehead atoms. The number of para-hydroxylation sites is 1. The lowest BCUT2D eigenvalue weighted by molar-refractivity contribution is -0.122. The Balaban J connectivity index is 1.27. The monoisotopic (exact) mass is 531 g/mol. The number of hydrogen-bond donors (Lipinski definition) is 0. The molecule has 0 atom stereocenters. The van der Waals surface area contributed by atoms with Gasteiger partial charge in [-0.15, -0.1) is 0 Å². The minimum Gasteiger partial charge on any atom is -0.343 e. The Morgan fingerprint density at radius 1 is 0.821 bits per heavy atom. The van der Waals surface area contributed by atoms with Crippen molar-refractivity contribution < 1.29 is 9.18 Å². The molecule has 6 heteroatoms. The average Bonchev–Trinajstić information content (AvgIpc) is 3.48. The highest BCUT2D eigenvalue weighted by Gasteiger charge is 2.33. The molecule has 0 saturated carbocycles. The predicted octanol–water partition coefficient (Wildman–Crippen LogP) is 7.68. The fraction of sp³-hybridized carbons (Fsp3) is 0.0909. The topological polar surface area (TPSA) is 37.6 Å². The van der Waals surface area contributed by atoms with Crippen LogP contribution in [0.3, 0.4) is 0 Å². The van der Waals surface area contributed by atoms with Crippen LogP contribution in [0, 0.1) is 5.82 Å². The Kier molecular flexibility index (Phi) is 7.11. The third-order valence-electron chi connectivity index (χ3n) is 6.67. The van der Waals surface area contributed by atoms with Crippen molar-refractivity contribution in [3.05, 3.63) is 143 Å². The highest BCUT2D eigenvalue weighted by atomic mass is 32.2. The van der Waals surface area contributed by atoms with Gasteiger partial charge in [-0.1, -0.05) is 66.7 Å². The Labute approximate surface area is 231 Å². The Bertz CT molecular complexity index is 1690. The highest BCUT2D eigenvalue weighted by Crippen LogP contribution is 2.35. The van der Waals surface area contributed by atoms with Gasteiger partial charge in [0.2, 0.25) is 0 Å². The SMILES string of the molecule is O=C1/C(=C\c2ccc3c(ccn3Cc3cccc(F)c3)c2)SC(=Nc2ccccc2)N1CCc1ccccc1. The van der Waals surface area contributed by atoms with E-state index in [9.17, 15) is 9.18 Å². The number of halogens is 1. The molecule has 6 rings (SSSR count). The summed E-state index contributed by atoms with van der Waals surface area (Å²) in [5, 5.41) is 1.76. The summed E-state index contributed by atoms with van der Waals surface area (Å²) in [5.41, 5.74) is 4.92. The van der Waals surface area contributed by atoms with Crippen molar-refractivity contribution in [2.45, 2.75) is 13.0 Å². The van der Waals surface area contributed by atoms with Crippen LogP contribution < -0.4 is 0 Å². The smallest absolute Gasteiger partial charge is 0.266 e. The van der Waals surface area contributed by atoms with E-state index in [1.165, 1.54) is 23.4 Å². The van der Waals surface area contributed by atoms with Crippen molar-refractivity contribution in [2.75, 3.05) is 6.54 Å². The van der Waals surface area contributed by atoms with Crippen LogP contribution in [-0.2, 0) is 17.8 Å². The van der Waals surface area contributed by atoms with Crippen molar-refractivity contribution in [3.63, 3.8) is 0 Å². The number of carbonyl (C=O) groups excluding carboxylic acids is 1. The summed E-state index contributed by atoms with van der Waals surface area (Å²) in [6.07, 6.45) is 4.70. The lowest BCUT2D eigenvalue weighted by atomic mass is 10.1. The number of aromatic nitrogens is 1. The summed E-state index contributed by atoms with van der Waals surface area (Å²) in [4.78, 5) is 20.8. The van der Waals surface area contributed by atoms with Crippen molar-refractivity contribution >= 4 is 45.5 Å². The van der Waals surface area contributed by atoms with Gasteiger partial charge in [-0.3, -0.25) is 9.69 Å². The molecule has 1 aliphatic heterocycles. The lowest BCUT2D eigenvalue weighted by Gasteiger charge is -2.15. The number of amidine groups is 1. The van der Waals surface area contributed by atoms with Crippen molar-refractivity contribution in [1.82, 2.24) is 9.47 Å². The molecule has 1 saturated heterocycles. The van der Waals surface area contributed by atoms with Gasteiger partial charge in [0.05, 0.1) is 10.6 Å². The van der Waals surface area contributed by atoms with Crippen LogP contribution in [0.4, 0.5) is 10.1 Å². The van der Waals surface area contributed by atoms with E-state index < -0.39 is 0 Å². The summed E-state index contributed by atoms with van der Waals surface area (Å²) in [6.45, 7) is 1.15. The molecule has 1 fully saturated rings. The maximum atomic E-state index is 13.6. The van der Waals surface area contributed by atoms with Crippen LogP contribution in [0.5, 0.6) is 0 Å². The summed E-state index contributed by atoms with van der Waals surface area (Å²) >= 11 is 1.41. The molecule has 39 heavy (non-hydrogen) atoms. The van der Waals surface area contributed by atoms with E-state index >= 15 is 0 Å². The van der Waals surface area contributed by atoms with Crippen LogP contribution in [0.1, 0.15) is 16.7 Å². The van der Waals surface area contributed by atoms with Gasteiger partial charge in [0.15, 0.2) is 5.17 Å². The first kappa shape index (κ1) is 24.9. The summed E-state index contributed by atoms with van der Waals surface area (Å²) < 4.78 is 15.7. The lowest BCUT2D eigenvalue weighted by Crippen LogP contribution is -2.31. The first-order valence-corrected chi connectivity index (χ1v) is 13.7. The molecule has 4 aromatic carbocycles. The van der Waals surface area contributed by atoms with Gasteiger partial charge in [-0.05, 0) is 83.4 Å². The molecule has 0 aliphatic carbocycles. The first-order valence-electron chi connectivity index (χ1n) is 12.8. The van der Waals surface area contributed by atoms with Crippen molar-refractivity contribution in [2.24, 2.45) is 4.99 Å². The first-order chi connectivity index (χ1) is 19.1. The Hall–Kier alpha value is -4.42. The second-order valence-electron chi connectivity index (χ2n) is 9.42. The van der Waals surface area contributed by atoms with Crippen molar-refractivity contribution in [3.8, 4) is 0 Å². The maximum absolute atomic E-state index is 13.6. The number of aliphatic imine (C=N–C) groups is 1.